The minimum absolute atomic E-state index is 0.328. The van der Waals surface area contributed by atoms with Gasteiger partial charge in [-0.25, -0.2) is 9.97 Å². The maximum atomic E-state index is 9.86. The van der Waals surface area contributed by atoms with Crippen molar-refractivity contribution in [1.82, 2.24) is 9.97 Å². The Bertz CT molecular complexity index is 423. The van der Waals surface area contributed by atoms with E-state index in [2.05, 4.69) is 41.4 Å². The number of anilines is 2. The summed E-state index contributed by atoms with van der Waals surface area (Å²) in [4.78, 5) is 9.19. The highest BCUT2D eigenvalue weighted by atomic mass is 16.3. The molecular weight excluding hydrogens is 264 g/mol. The molecule has 0 spiro atoms. The van der Waals surface area contributed by atoms with Crippen LogP contribution in [0.4, 0.5) is 11.6 Å². The van der Waals surface area contributed by atoms with Crippen LogP contribution in [0.2, 0.25) is 0 Å². The monoisotopic (exact) mass is 294 g/mol. The molecule has 0 aliphatic rings. The summed E-state index contributed by atoms with van der Waals surface area (Å²) in [5.74, 6) is 2.60. The Labute approximate surface area is 128 Å². The first kappa shape index (κ1) is 17.7. The maximum absolute atomic E-state index is 9.86. The SMILES string of the molecule is CCCNc1nc(CCC)nc(NCC(O)CCC)c1C. The fourth-order valence-corrected chi connectivity index (χ4v) is 2.14. The average Bonchev–Trinajstić information content (AvgIpc) is 2.46. The molecule has 5 heteroatoms. The van der Waals surface area contributed by atoms with Gasteiger partial charge in [-0.3, -0.25) is 0 Å². The van der Waals surface area contributed by atoms with Crippen molar-refractivity contribution in [2.75, 3.05) is 23.7 Å². The molecule has 0 bridgehead atoms. The molecule has 1 unspecified atom stereocenters. The summed E-state index contributed by atoms with van der Waals surface area (Å²) in [6.45, 7) is 9.79. The Morgan fingerprint density at radius 3 is 2.24 bits per heavy atom. The molecule has 1 aromatic heterocycles. The highest BCUT2D eigenvalue weighted by molar-refractivity contribution is 5.57. The van der Waals surface area contributed by atoms with E-state index in [-0.39, 0.29) is 6.10 Å². The van der Waals surface area contributed by atoms with Gasteiger partial charge in [0.05, 0.1) is 6.10 Å². The number of aromatic nitrogens is 2. The van der Waals surface area contributed by atoms with E-state index in [1.165, 1.54) is 0 Å². The predicted molar refractivity (Wildman–Crippen MR) is 88.9 cm³/mol. The molecule has 0 saturated heterocycles. The van der Waals surface area contributed by atoms with Crippen molar-refractivity contribution in [2.24, 2.45) is 0 Å². The first-order chi connectivity index (χ1) is 10.1. The lowest BCUT2D eigenvalue weighted by molar-refractivity contribution is 0.176. The standard InChI is InChI=1S/C16H30N4O/c1-5-8-13(21)11-18-16-12(4)15(17-10-7-3)19-14(20-16)9-6-2/h13,21H,5-11H2,1-4H3,(H2,17,18,19,20). The summed E-state index contributed by atoms with van der Waals surface area (Å²) in [5.41, 5.74) is 1.02. The van der Waals surface area contributed by atoms with E-state index in [4.69, 9.17) is 0 Å². The fourth-order valence-electron chi connectivity index (χ4n) is 2.14. The Morgan fingerprint density at radius 1 is 1.00 bits per heavy atom. The van der Waals surface area contributed by atoms with E-state index in [1.54, 1.807) is 0 Å². The molecule has 5 nitrogen and oxygen atoms in total. The second-order valence-corrected chi connectivity index (χ2v) is 5.46. The van der Waals surface area contributed by atoms with Gasteiger partial charge in [0.1, 0.15) is 17.5 Å². The van der Waals surface area contributed by atoms with E-state index >= 15 is 0 Å². The third-order valence-corrected chi connectivity index (χ3v) is 3.34. The summed E-state index contributed by atoms with van der Waals surface area (Å²) in [7, 11) is 0. The minimum atomic E-state index is -0.328. The number of aryl methyl sites for hydroxylation is 1. The molecular formula is C16H30N4O. The predicted octanol–water partition coefficient (Wildman–Crippen LogP) is 3.13. The van der Waals surface area contributed by atoms with Crippen molar-refractivity contribution < 1.29 is 5.11 Å². The molecule has 1 atom stereocenters. The second-order valence-electron chi connectivity index (χ2n) is 5.46. The van der Waals surface area contributed by atoms with Crippen molar-refractivity contribution >= 4 is 11.6 Å². The Hall–Kier alpha value is -1.36. The zero-order valence-corrected chi connectivity index (χ0v) is 13.9. The van der Waals surface area contributed by atoms with Gasteiger partial charge in [-0.05, 0) is 26.2 Å². The zero-order chi connectivity index (χ0) is 15.7. The van der Waals surface area contributed by atoms with Gasteiger partial charge in [0.15, 0.2) is 0 Å². The van der Waals surface area contributed by atoms with E-state index in [0.29, 0.717) is 6.54 Å². The molecule has 0 aromatic carbocycles. The first-order valence-corrected chi connectivity index (χ1v) is 8.15. The molecule has 21 heavy (non-hydrogen) atoms. The summed E-state index contributed by atoms with van der Waals surface area (Å²) >= 11 is 0. The minimum Gasteiger partial charge on any atom is -0.391 e. The second kappa shape index (κ2) is 9.55. The molecule has 0 aliphatic heterocycles. The van der Waals surface area contributed by atoms with Crippen molar-refractivity contribution in [1.29, 1.82) is 0 Å². The number of aliphatic hydroxyl groups is 1. The van der Waals surface area contributed by atoms with Gasteiger partial charge in [0.25, 0.3) is 0 Å². The van der Waals surface area contributed by atoms with Crippen molar-refractivity contribution in [3.8, 4) is 0 Å². The molecule has 0 fully saturated rings. The van der Waals surface area contributed by atoms with E-state index in [9.17, 15) is 5.11 Å². The highest BCUT2D eigenvalue weighted by Gasteiger charge is 2.11. The Kier molecular flexibility index (Phi) is 8.05. The van der Waals surface area contributed by atoms with Crippen LogP contribution in [-0.2, 0) is 6.42 Å². The lowest BCUT2D eigenvalue weighted by atomic mass is 10.2. The van der Waals surface area contributed by atoms with Gasteiger partial charge >= 0.3 is 0 Å². The van der Waals surface area contributed by atoms with Crippen LogP contribution in [0.3, 0.4) is 0 Å². The van der Waals surface area contributed by atoms with Gasteiger partial charge < -0.3 is 15.7 Å². The molecule has 120 valence electrons. The number of hydrogen-bond acceptors (Lipinski definition) is 5. The summed E-state index contributed by atoms with van der Waals surface area (Å²) in [5, 5.41) is 16.5. The van der Waals surface area contributed by atoms with E-state index < -0.39 is 0 Å². The summed E-state index contributed by atoms with van der Waals surface area (Å²) in [6.07, 6.45) is 4.41. The van der Waals surface area contributed by atoms with Crippen LogP contribution in [-0.4, -0.2) is 34.3 Å². The van der Waals surface area contributed by atoms with Crippen LogP contribution in [0, 0.1) is 6.92 Å². The van der Waals surface area contributed by atoms with E-state index in [1.807, 2.05) is 6.92 Å². The lowest BCUT2D eigenvalue weighted by Gasteiger charge is -2.16. The van der Waals surface area contributed by atoms with Crippen LogP contribution in [0.25, 0.3) is 0 Å². The molecule has 0 amide bonds. The lowest BCUT2D eigenvalue weighted by Crippen LogP contribution is -2.21. The molecule has 1 rings (SSSR count). The first-order valence-electron chi connectivity index (χ1n) is 8.15. The molecule has 0 saturated carbocycles. The van der Waals surface area contributed by atoms with Crippen molar-refractivity contribution in [2.45, 2.75) is 65.9 Å². The zero-order valence-electron chi connectivity index (χ0n) is 13.9. The van der Waals surface area contributed by atoms with Crippen LogP contribution in [0.5, 0.6) is 0 Å². The number of aliphatic hydroxyl groups excluding tert-OH is 1. The third-order valence-electron chi connectivity index (χ3n) is 3.34. The van der Waals surface area contributed by atoms with Gasteiger partial charge in [0.2, 0.25) is 0 Å². The Balaban J connectivity index is 2.86. The van der Waals surface area contributed by atoms with Gasteiger partial charge in [-0.1, -0.05) is 27.2 Å². The average molecular weight is 294 g/mol. The normalized spacial score (nSPS) is 12.2. The maximum Gasteiger partial charge on any atom is 0.134 e. The van der Waals surface area contributed by atoms with Gasteiger partial charge in [-0.15, -0.1) is 0 Å². The molecule has 0 aliphatic carbocycles. The van der Waals surface area contributed by atoms with Crippen molar-refractivity contribution in [3.63, 3.8) is 0 Å². The number of hydrogen-bond donors (Lipinski definition) is 3. The highest BCUT2D eigenvalue weighted by Crippen LogP contribution is 2.20. The fraction of sp³-hybridized carbons (Fsp3) is 0.750. The largest absolute Gasteiger partial charge is 0.391 e. The molecule has 1 heterocycles. The molecule has 1 aromatic rings. The molecule has 3 N–H and O–H groups in total. The van der Waals surface area contributed by atoms with Crippen molar-refractivity contribution in [3.05, 3.63) is 11.4 Å². The third kappa shape index (κ3) is 5.87. The molecule has 0 radical (unpaired) electrons. The summed E-state index contributed by atoms with van der Waals surface area (Å²) in [6, 6.07) is 0. The number of nitrogens with zero attached hydrogens (tertiary/aromatic N) is 2. The van der Waals surface area contributed by atoms with Crippen LogP contribution < -0.4 is 10.6 Å². The van der Waals surface area contributed by atoms with E-state index in [0.717, 1.165) is 61.7 Å². The number of nitrogens with one attached hydrogen (secondary N) is 2. The van der Waals surface area contributed by atoms with Crippen LogP contribution >= 0.6 is 0 Å². The quantitative estimate of drug-likeness (QED) is 0.618. The Morgan fingerprint density at radius 2 is 1.67 bits per heavy atom. The number of rotatable bonds is 10. The van der Waals surface area contributed by atoms with Crippen LogP contribution in [0.1, 0.15) is 57.8 Å². The smallest absolute Gasteiger partial charge is 0.134 e. The van der Waals surface area contributed by atoms with Crippen LogP contribution in [0.15, 0.2) is 0 Å². The topological polar surface area (TPSA) is 70.1 Å². The van der Waals surface area contributed by atoms with Gasteiger partial charge in [-0.2, -0.15) is 0 Å². The van der Waals surface area contributed by atoms with Gasteiger partial charge in [0, 0.05) is 25.1 Å². The summed E-state index contributed by atoms with van der Waals surface area (Å²) < 4.78 is 0.